The van der Waals surface area contributed by atoms with Crippen LogP contribution < -0.4 is 4.90 Å². The maximum atomic E-state index is 6.69. The number of furan rings is 1. The average molecular weight is 881 g/mol. The van der Waals surface area contributed by atoms with Crippen LogP contribution in [0.25, 0.3) is 89.5 Å². The Morgan fingerprint density at radius 2 is 0.841 bits per heavy atom. The predicted molar refractivity (Wildman–Crippen MR) is 280 cm³/mol. The highest BCUT2D eigenvalue weighted by molar-refractivity contribution is 6.10. The molecule has 0 N–H and O–H groups in total. The predicted octanol–water partition coefficient (Wildman–Crippen LogP) is 16.3. The zero-order valence-corrected chi connectivity index (χ0v) is 37.3. The normalized spacial score (nSPS) is 13.0. The Labute approximate surface area is 399 Å². The maximum Gasteiger partial charge on any atom is 0.164 e. The van der Waals surface area contributed by atoms with Gasteiger partial charge in [0.1, 0.15) is 11.2 Å². The van der Waals surface area contributed by atoms with Crippen LogP contribution in [-0.4, -0.2) is 15.0 Å². The van der Waals surface area contributed by atoms with Crippen LogP contribution in [0.2, 0.25) is 0 Å². The van der Waals surface area contributed by atoms with Crippen molar-refractivity contribution in [2.24, 2.45) is 0 Å². The molecule has 2 aliphatic rings. The second-order valence-corrected chi connectivity index (χ2v) is 17.8. The first kappa shape index (κ1) is 39.0. The number of hydrogen-bond donors (Lipinski definition) is 0. The van der Waals surface area contributed by atoms with E-state index in [4.69, 9.17) is 19.4 Å². The number of aromatic nitrogens is 3. The lowest BCUT2D eigenvalue weighted by Crippen LogP contribution is -2.36. The molecular formula is C64H40N4O. The number of hydrogen-bond acceptors (Lipinski definition) is 5. The quantitative estimate of drug-likeness (QED) is 0.167. The highest BCUT2D eigenvalue weighted by Crippen LogP contribution is 2.65. The molecule has 0 saturated heterocycles. The van der Waals surface area contributed by atoms with E-state index < -0.39 is 5.41 Å². The van der Waals surface area contributed by atoms with Crippen LogP contribution in [0.1, 0.15) is 22.3 Å². The van der Waals surface area contributed by atoms with Crippen LogP contribution >= 0.6 is 0 Å². The molecule has 5 heteroatoms. The highest BCUT2D eigenvalue weighted by atomic mass is 16.3. The number of fused-ring (bicyclic) bond motifs is 12. The van der Waals surface area contributed by atoms with Crippen LogP contribution in [-0.2, 0) is 5.41 Å². The van der Waals surface area contributed by atoms with E-state index >= 15 is 0 Å². The summed E-state index contributed by atoms with van der Waals surface area (Å²) in [5.74, 6) is 1.84. The maximum absolute atomic E-state index is 6.69. The Balaban J connectivity index is 1.05. The first-order chi connectivity index (χ1) is 34.2. The summed E-state index contributed by atoms with van der Waals surface area (Å²) in [4.78, 5) is 18.4. The molecule has 5 nitrogen and oxygen atoms in total. The van der Waals surface area contributed by atoms with Gasteiger partial charge in [0, 0.05) is 38.7 Å². The molecule has 2 aromatic heterocycles. The van der Waals surface area contributed by atoms with Gasteiger partial charge in [0.2, 0.25) is 0 Å². The first-order valence-corrected chi connectivity index (χ1v) is 23.4. The summed E-state index contributed by atoms with van der Waals surface area (Å²) in [6.07, 6.45) is 0. The van der Waals surface area contributed by atoms with Crippen molar-refractivity contribution >= 4 is 39.0 Å². The molecule has 0 saturated carbocycles. The van der Waals surface area contributed by atoms with Gasteiger partial charge < -0.3 is 9.32 Å². The number of nitrogens with zero attached hydrogens (tertiary/aromatic N) is 4. The van der Waals surface area contributed by atoms with E-state index in [2.05, 4.69) is 217 Å². The van der Waals surface area contributed by atoms with Gasteiger partial charge in [-0.15, -0.1) is 0 Å². The Bertz CT molecular complexity index is 3910. The molecule has 0 amide bonds. The molecule has 0 radical (unpaired) electrons. The molecule has 1 spiro atoms. The number of benzene rings is 10. The van der Waals surface area contributed by atoms with Gasteiger partial charge in [0.25, 0.3) is 0 Å². The molecular weight excluding hydrogens is 841 g/mol. The summed E-state index contributed by atoms with van der Waals surface area (Å²) >= 11 is 0. The van der Waals surface area contributed by atoms with Crippen molar-refractivity contribution in [3.8, 4) is 67.5 Å². The van der Waals surface area contributed by atoms with Gasteiger partial charge in [0.15, 0.2) is 17.5 Å². The minimum atomic E-state index is -0.700. The fourth-order valence-electron chi connectivity index (χ4n) is 11.2. The van der Waals surface area contributed by atoms with Crippen LogP contribution in [0.5, 0.6) is 0 Å². The summed E-state index contributed by atoms with van der Waals surface area (Å²) < 4.78 is 6.69. The summed E-state index contributed by atoms with van der Waals surface area (Å²) in [5.41, 5.74) is 18.6. The van der Waals surface area contributed by atoms with Crippen molar-refractivity contribution in [2.75, 3.05) is 4.90 Å². The Kier molecular flexibility index (Phi) is 8.73. The molecule has 0 atom stereocenters. The lowest BCUT2D eigenvalue weighted by molar-refractivity contribution is 0.670. The van der Waals surface area contributed by atoms with E-state index in [-0.39, 0.29) is 0 Å². The van der Waals surface area contributed by atoms with Crippen LogP contribution in [0.15, 0.2) is 247 Å². The molecule has 1 aliphatic carbocycles. The monoisotopic (exact) mass is 880 g/mol. The lowest BCUT2D eigenvalue weighted by Gasteiger charge is -2.45. The molecule has 10 aromatic carbocycles. The van der Waals surface area contributed by atoms with Crippen LogP contribution in [0.4, 0.5) is 17.1 Å². The van der Waals surface area contributed by atoms with E-state index in [0.29, 0.717) is 17.5 Å². The summed E-state index contributed by atoms with van der Waals surface area (Å²) in [5, 5.41) is 2.20. The Morgan fingerprint density at radius 1 is 0.333 bits per heavy atom. The molecule has 69 heavy (non-hydrogen) atoms. The van der Waals surface area contributed by atoms with E-state index in [1.165, 1.54) is 22.3 Å². The van der Waals surface area contributed by atoms with Gasteiger partial charge in [-0.1, -0.05) is 206 Å². The van der Waals surface area contributed by atoms with Gasteiger partial charge >= 0.3 is 0 Å². The summed E-state index contributed by atoms with van der Waals surface area (Å²) in [7, 11) is 0. The van der Waals surface area contributed by atoms with Crippen molar-refractivity contribution in [1.29, 1.82) is 0 Å². The van der Waals surface area contributed by atoms with E-state index in [1.54, 1.807) is 0 Å². The van der Waals surface area contributed by atoms with Crippen molar-refractivity contribution in [3.63, 3.8) is 0 Å². The van der Waals surface area contributed by atoms with Gasteiger partial charge in [-0.25, -0.2) is 15.0 Å². The van der Waals surface area contributed by atoms with Gasteiger partial charge in [-0.2, -0.15) is 0 Å². The molecule has 1 aliphatic heterocycles. The van der Waals surface area contributed by atoms with Crippen molar-refractivity contribution in [3.05, 3.63) is 265 Å². The Morgan fingerprint density at radius 3 is 1.57 bits per heavy atom. The fraction of sp³-hybridized carbons (Fsp3) is 0.0156. The molecule has 322 valence electrons. The zero-order chi connectivity index (χ0) is 45.5. The second-order valence-electron chi connectivity index (χ2n) is 17.8. The third-order valence-corrected chi connectivity index (χ3v) is 14.1. The lowest BCUT2D eigenvalue weighted by atomic mass is 9.64. The molecule has 14 rings (SSSR count). The first-order valence-electron chi connectivity index (χ1n) is 23.4. The molecule has 0 fully saturated rings. The molecule has 12 aromatic rings. The molecule has 0 bridgehead atoms. The fourth-order valence-corrected chi connectivity index (χ4v) is 11.2. The third-order valence-electron chi connectivity index (χ3n) is 14.1. The van der Waals surface area contributed by atoms with E-state index in [1.807, 2.05) is 30.3 Å². The van der Waals surface area contributed by atoms with Crippen LogP contribution in [0.3, 0.4) is 0 Å². The van der Waals surface area contributed by atoms with Crippen molar-refractivity contribution in [2.45, 2.75) is 5.41 Å². The second kappa shape index (κ2) is 15.4. The van der Waals surface area contributed by atoms with Gasteiger partial charge in [0.05, 0.1) is 16.8 Å². The number of para-hydroxylation sites is 5. The summed E-state index contributed by atoms with van der Waals surface area (Å²) in [6, 6.07) is 86.3. The van der Waals surface area contributed by atoms with E-state index in [9.17, 15) is 0 Å². The largest absolute Gasteiger partial charge is 0.455 e. The minimum Gasteiger partial charge on any atom is -0.455 e. The minimum absolute atomic E-state index is 0.610. The van der Waals surface area contributed by atoms with Gasteiger partial charge in [-0.3, -0.25) is 0 Å². The SMILES string of the molecule is c1ccc(-c2ccc(-c3nc(-c4ccccc4)nc(-c4cccc5c4-c4cc(-c6cccc7c6oc6ccccc67)ccc4C54c5ccccc5N(c5ccccc5)c5ccccc54)n3)cc2)cc1. The standard InChI is InChI=1S/C64H40N4O/c1-4-18-41(19-5-1)42-34-36-44(37-35-42)62-65-61(43-20-6-2-7-21-43)66-63(67-62)50-27-17-30-55-59(50)51-40-45(47-25-16-26-49-48-24-10-15-33-58(48)69-60(47)49)38-39-52(51)64(55)53-28-11-13-31-56(53)68(46-22-8-3-9-23-46)57-32-14-12-29-54(57)64/h1-40H. The van der Waals surface area contributed by atoms with Gasteiger partial charge in [-0.05, 0) is 86.5 Å². The average Bonchev–Trinajstić information content (AvgIpc) is 3.96. The molecule has 3 heterocycles. The van der Waals surface area contributed by atoms with Crippen molar-refractivity contribution in [1.82, 2.24) is 15.0 Å². The highest BCUT2D eigenvalue weighted by Gasteiger charge is 2.52. The summed E-state index contributed by atoms with van der Waals surface area (Å²) in [6.45, 7) is 0. The number of rotatable bonds is 6. The van der Waals surface area contributed by atoms with E-state index in [0.717, 1.165) is 89.1 Å². The molecule has 0 unspecified atom stereocenters. The topological polar surface area (TPSA) is 55.1 Å². The Hall–Kier alpha value is -9.19. The van der Waals surface area contributed by atoms with Crippen LogP contribution in [0, 0.1) is 0 Å². The smallest absolute Gasteiger partial charge is 0.164 e. The zero-order valence-electron chi connectivity index (χ0n) is 37.3. The third kappa shape index (κ3) is 5.94. The van der Waals surface area contributed by atoms with Crippen molar-refractivity contribution < 1.29 is 4.42 Å². The number of anilines is 3.